The second-order valence-electron chi connectivity index (χ2n) is 8.98. The SMILES string of the molecule is CCCc1n(/N=C/c2cc(OC)c(N(C)C)c(OC)c2)cc[n+]1/N=C/c1cc(OC)c(N(C)C)c(OC)c1. The summed E-state index contributed by atoms with van der Waals surface area (Å²) in [4.78, 5) is 3.92. The van der Waals surface area contributed by atoms with Gasteiger partial charge < -0.3 is 28.7 Å². The minimum Gasteiger partial charge on any atom is -0.494 e. The van der Waals surface area contributed by atoms with E-state index in [1.54, 1.807) is 40.9 Å². The number of imidazole rings is 1. The molecule has 3 aromatic rings. The number of aromatic nitrogens is 2. The van der Waals surface area contributed by atoms with Crippen LogP contribution in [0.5, 0.6) is 23.0 Å². The Hall–Kier alpha value is -4.21. The van der Waals surface area contributed by atoms with Gasteiger partial charge in [-0.05, 0) is 30.7 Å². The van der Waals surface area contributed by atoms with Gasteiger partial charge >= 0.3 is 5.82 Å². The largest absolute Gasteiger partial charge is 0.494 e. The molecular formula is C28H39N6O4+. The van der Waals surface area contributed by atoms with Crippen molar-refractivity contribution in [2.75, 3.05) is 66.4 Å². The third-order valence-corrected chi connectivity index (χ3v) is 5.91. The molecule has 0 radical (unpaired) electrons. The lowest BCUT2D eigenvalue weighted by molar-refractivity contribution is -0.685. The lowest BCUT2D eigenvalue weighted by atomic mass is 10.1. The monoisotopic (exact) mass is 523 g/mol. The summed E-state index contributed by atoms with van der Waals surface area (Å²) in [6.07, 6.45) is 9.07. The van der Waals surface area contributed by atoms with E-state index in [2.05, 4.69) is 6.92 Å². The van der Waals surface area contributed by atoms with Crippen LogP contribution in [0, 0.1) is 0 Å². The van der Waals surface area contributed by atoms with E-state index < -0.39 is 0 Å². The average Bonchev–Trinajstić information content (AvgIpc) is 3.30. The molecule has 0 spiro atoms. The molecule has 0 aliphatic rings. The Labute approximate surface area is 225 Å². The molecule has 0 aliphatic heterocycles. The van der Waals surface area contributed by atoms with Gasteiger partial charge in [-0.25, -0.2) is 0 Å². The molecule has 0 atom stereocenters. The zero-order chi connectivity index (χ0) is 27.8. The molecule has 3 rings (SSSR count). The van der Waals surface area contributed by atoms with E-state index in [1.165, 1.54) is 0 Å². The smallest absolute Gasteiger partial charge is 0.307 e. The van der Waals surface area contributed by atoms with Crippen LogP contribution in [0.25, 0.3) is 0 Å². The van der Waals surface area contributed by atoms with Crippen LogP contribution in [-0.2, 0) is 6.42 Å². The molecule has 0 bridgehead atoms. The Bertz CT molecular complexity index is 1150. The fourth-order valence-electron chi connectivity index (χ4n) is 4.18. The van der Waals surface area contributed by atoms with Gasteiger partial charge in [0.05, 0.1) is 47.3 Å². The minimum atomic E-state index is 0.711. The van der Waals surface area contributed by atoms with Gasteiger partial charge in [-0.15, -0.1) is 9.35 Å². The average molecular weight is 524 g/mol. The number of methoxy groups -OCH3 is 4. The molecule has 1 heterocycles. The van der Waals surface area contributed by atoms with E-state index in [4.69, 9.17) is 29.2 Å². The number of benzene rings is 2. The Balaban J connectivity index is 1.96. The Kier molecular flexibility index (Phi) is 9.59. The third-order valence-electron chi connectivity index (χ3n) is 5.91. The van der Waals surface area contributed by atoms with E-state index in [0.29, 0.717) is 23.0 Å². The lowest BCUT2D eigenvalue weighted by Gasteiger charge is -2.20. The first kappa shape index (κ1) is 28.4. The number of hydrogen-bond donors (Lipinski definition) is 0. The van der Waals surface area contributed by atoms with Crippen LogP contribution in [0.2, 0.25) is 0 Å². The topological polar surface area (TPSA) is 76.9 Å². The maximum absolute atomic E-state index is 5.60. The molecule has 38 heavy (non-hydrogen) atoms. The molecule has 1 aromatic heterocycles. The Morgan fingerprint density at radius 1 is 0.763 bits per heavy atom. The second kappa shape index (κ2) is 12.8. The molecule has 0 unspecified atom stereocenters. The van der Waals surface area contributed by atoms with E-state index in [-0.39, 0.29) is 0 Å². The lowest BCUT2D eigenvalue weighted by Crippen LogP contribution is -2.31. The maximum Gasteiger partial charge on any atom is 0.307 e. The van der Waals surface area contributed by atoms with Gasteiger partial charge in [0.25, 0.3) is 0 Å². The van der Waals surface area contributed by atoms with Gasteiger partial charge in [-0.1, -0.05) is 17.1 Å². The zero-order valence-corrected chi connectivity index (χ0v) is 23.8. The van der Waals surface area contributed by atoms with Crippen molar-refractivity contribution < 1.29 is 23.6 Å². The van der Waals surface area contributed by atoms with Gasteiger partial charge in [0.15, 0.2) is 12.4 Å². The molecule has 204 valence electrons. The quantitative estimate of drug-likeness (QED) is 0.266. The fourth-order valence-corrected chi connectivity index (χ4v) is 4.18. The number of rotatable bonds is 12. The summed E-state index contributed by atoms with van der Waals surface area (Å²) in [6, 6.07) is 7.76. The summed E-state index contributed by atoms with van der Waals surface area (Å²) in [6.45, 7) is 2.13. The third kappa shape index (κ3) is 6.19. The van der Waals surface area contributed by atoms with Crippen LogP contribution in [0.4, 0.5) is 11.4 Å². The number of nitrogens with zero attached hydrogens (tertiary/aromatic N) is 6. The molecule has 10 nitrogen and oxygen atoms in total. The highest BCUT2D eigenvalue weighted by Crippen LogP contribution is 2.38. The molecule has 0 saturated carbocycles. The molecule has 10 heteroatoms. The first-order valence-electron chi connectivity index (χ1n) is 12.3. The van der Waals surface area contributed by atoms with Crippen molar-refractivity contribution in [3.8, 4) is 23.0 Å². The first-order chi connectivity index (χ1) is 18.3. The molecular weight excluding hydrogens is 484 g/mol. The van der Waals surface area contributed by atoms with Gasteiger partial charge in [0.1, 0.15) is 34.4 Å². The normalized spacial score (nSPS) is 11.3. The highest BCUT2D eigenvalue weighted by Gasteiger charge is 2.18. The van der Waals surface area contributed by atoms with Gasteiger partial charge in [0, 0.05) is 39.3 Å². The molecule has 2 aromatic carbocycles. The number of anilines is 2. The summed E-state index contributed by atoms with van der Waals surface area (Å²) >= 11 is 0. The van der Waals surface area contributed by atoms with Crippen molar-refractivity contribution >= 4 is 23.8 Å². The van der Waals surface area contributed by atoms with Crippen LogP contribution in [0.3, 0.4) is 0 Å². The van der Waals surface area contributed by atoms with Crippen molar-refractivity contribution in [1.29, 1.82) is 0 Å². The molecule has 0 saturated heterocycles. The predicted octanol–water partition coefficient (Wildman–Crippen LogP) is 3.66. The van der Waals surface area contributed by atoms with Crippen LogP contribution >= 0.6 is 0 Å². The summed E-state index contributed by atoms with van der Waals surface area (Å²) < 4.78 is 26.1. The second-order valence-corrected chi connectivity index (χ2v) is 8.98. The summed E-state index contributed by atoms with van der Waals surface area (Å²) in [7, 11) is 14.4. The number of ether oxygens (including phenoxy) is 4. The van der Waals surface area contributed by atoms with E-state index >= 15 is 0 Å². The van der Waals surface area contributed by atoms with E-state index in [0.717, 1.165) is 41.2 Å². The van der Waals surface area contributed by atoms with E-state index in [1.807, 2.05) is 84.0 Å². The van der Waals surface area contributed by atoms with Crippen LogP contribution in [-0.4, -0.2) is 73.7 Å². The Morgan fingerprint density at radius 2 is 1.21 bits per heavy atom. The van der Waals surface area contributed by atoms with Crippen molar-refractivity contribution in [2.24, 2.45) is 10.2 Å². The first-order valence-corrected chi connectivity index (χ1v) is 12.3. The zero-order valence-electron chi connectivity index (χ0n) is 23.8. The highest BCUT2D eigenvalue weighted by atomic mass is 16.5. The van der Waals surface area contributed by atoms with E-state index in [9.17, 15) is 0 Å². The van der Waals surface area contributed by atoms with Gasteiger partial charge in [-0.2, -0.15) is 0 Å². The molecule has 0 amide bonds. The van der Waals surface area contributed by atoms with Crippen molar-refractivity contribution in [3.63, 3.8) is 0 Å². The molecule has 0 fully saturated rings. The summed E-state index contributed by atoms with van der Waals surface area (Å²) in [5.74, 6) is 3.78. The van der Waals surface area contributed by atoms with Crippen molar-refractivity contribution in [2.45, 2.75) is 19.8 Å². The predicted molar refractivity (Wildman–Crippen MR) is 152 cm³/mol. The fraction of sp³-hybridized carbons (Fsp3) is 0.393. The van der Waals surface area contributed by atoms with Crippen molar-refractivity contribution in [1.82, 2.24) is 4.68 Å². The number of hydrogen-bond acceptors (Lipinski definition) is 8. The van der Waals surface area contributed by atoms with Crippen LogP contribution in [0.1, 0.15) is 30.3 Å². The highest BCUT2D eigenvalue weighted by molar-refractivity contribution is 5.85. The van der Waals surface area contributed by atoms with Gasteiger partial charge in [0.2, 0.25) is 0 Å². The van der Waals surface area contributed by atoms with Gasteiger partial charge in [-0.3, -0.25) is 0 Å². The minimum absolute atomic E-state index is 0.711. The van der Waals surface area contributed by atoms with Crippen LogP contribution < -0.4 is 33.4 Å². The van der Waals surface area contributed by atoms with Crippen molar-refractivity contribution in [3.05, 3.63) is 53.6 Å². The summed E-state index contributed by atoms with van der Waals surface area (Å²) in [5, 5.41) is 9.42. The van der Waals surface area contributed by atoms with Crippen LogP contribution in [0.15, 0.2) is 46.9 Å². The molecule has 0 aliphatic carbocycles. The standard InChI is InChI=1S/C28H39N6O4/c1-10-11-26-33(29-18-20-14-22(35-6)27(31(2)3)23(15-20)36-7)12-13-34(26)30-19-21-16-24(37-8)28(32(4)5)25(17-21)38-9/h12-19H,10-11H2,1-9H3/q+1/b29-18+,30-19+. The Morgan fingerprint density at radius 3 is 1.61 bits per heavy atom. The maximum atomic E-state index is 5.60. The molecule has 0 N–H and O–H groups in total. The summed E-state index contributed by atoms with van der Waals surface area (Å²) in [5.41, 5.74) is 3.46.